The van der Waals surface area contributed by atoms with Crippen LogP contribution in [0, 0.1) is 0 Å². The lowest BCUT2D eigenvalue weighted by atomic mass is 10.3. The van der Waals surface area contributed by atoms with E-state index in [2.05, 4.69) is 15.0 Å². The van der Waals surface area contributed by atoms with Crippen LogP contribution in [0.1, 0.15) is 6.92 Å². The largest absolute Gasteiger partial charge is 0.302 e. The first-order valence-corrected chi connectivity index (χ1v) is 9.48. The highest BCUT2D eigenvalue weighted by Crippen LogP contribution is 2.29. The summed E-state index contributed by atoms with van der Waals surface area (Å²) in [5.74, 6) is -0.210. The van der Waals surface area contributed by atoms with Crippen molar-refractivity contribution in [2.75, 3.05) is 10.0 Å². The van der Waals surface area contributed by atoms with Crippen molar-refractivity contribution in [3.8, 4) is 0 Å². The summed E-state index contributed by atoms with van der Waals surface area (Å²) in [4.78, 5) is 15.5. The minimum absolute atomic E-state index is 0.121. The van der Waals surface area contributed by atoms with Crippen molar-refractivity contribution >= 4 is 59.9 Å². The Balaban J connectivity index is 1.89. The molecule has 0 aliphatic rings. The van der Waals surface area contributed by atoms with Gasteiger partial charge in [-0.3, -0.25) is 9.52 Å². The SMILES string of the molecule is CC(=O)Nc1nc2ccc(NS(=O)(=O)c3ccc(Cl)cc3)cc2s1. The fourth-order valence-electron chi connectivity index (χ4n) is 2.02. The highest BCUT2D eigenvalue weighted by Gasteiger charge is 2.15. The molecule has 24 heavy (non-hydrogen) atoms. The standard InChI is InChI=1S/C15H12ClN3O3S2/c1-9(20)17-15-18-13-7-4-11(8-14(13)23-15)19-24(21,22)12-5-2-10(16)3-6-12/h2-8,19H,1H3,(H,17,18,20). The number of sulfonamides is 1. The third-order valence-electron chi connectivity index (χ3n) is 3.05. The molecule has 0 radical (unpaired) electrons. The molecule has 1 amide bonds. The van der Waals surface area contributed by atoms with Gasteiger partial charge in [-0.25, -0.2) is 13.4 Å². The normalized spacial score (nSPS) is 11.4. The lowest BCUT2D eigenvalue weighted by molar-refractivity contribution is -0.114. The summed E-state index contributed by atoms with van der Waals surface area (Å²) in [5.41, 5.74) is 1.09. The lowest BCUT2D eigenvalue weighted by Crippen LogP contribution is -2.12. The Morgan fingerprint density at radius 3 is 2.54 bits per heavy atom. The average molecular weight is 382 g/mol. The quantitative estimate of drug-likeness (QED) is 0.721. The molecule has 0 fully saturated rings. The molecule has 2 N–H and O–H groups in total. The highest BCUT2D eigenvalue weighted by molar-refractivity contribution is 7.92. The number of carbonyl (C=O) groups excluding carboxylic acids is 1. The molecule has 0 bridgehead atoms. The van der Waals surface area contributed by atoms with Crippen LogP contribution in [0.4, 0.5) is 10.8 Å². The average Bonchev–Trinajstić information content (AvgIpc) is 2.87. The van der Waals surface area contributed by atoms with Gasteiger partial charge in [-0.15, -0.1) is 0 Å². The van der Waals surface area contributed by atoms with Crippen LogP contribution in [0.2, 0.25) is 5.02 Å². The molecule has 0 unspecified atom stereocenters. The maximum Gasteiger partial charge on any atom is 0.261 e. The Hall–Kier alpha value is -2.16. The van der Waals surface area contributed by atoms with E-state index < -0.39 is 10.0 Å². The van der Waals surface area contributed by atoms with Crippen LogP contribution in [0.5, 0.6) is 0 Å². The first-order chi connectivity index (χ1) is 11.3. The van der Waals surface area contributed by atoms with Gasteiger partial charge >= 0.3 is 0 Å². The fourth-order valence-corrected chi connectivity index (χ4v) is 4.15. The number of carbonyl (C=O) groups is 1. The first kappa shape index (κ1) is 16.7. The Morgan fingerprint density at radius 1 is 1.17 bits per heavy atom. The second kappa shape index (κ2) is 6.39. The number of aromatic nitrogens is 1. The molecular weight excluding hydrogens is 370 g/mol. The third kappa shape index (κ3) is 3.66. The minimum atomic E-state index is -3.71. The van der Waals surface area contributed by atoms with Crippen molar-refractivity contribution in [1.82, 2.24) is 4.98 Å². The lowest BCUT2D eigenvalue weighted by Gasteiger charge is -2.08. The predicted molar refractivity (Wildman–Crippen MR) is 96.2 cm³/mol. The summed E-state index contributed by atoms with van der Waals surface area (Å²) in [6, 6.07) is 10.9. The zero-order valence-corrected chi connectivity index (χ0v) is 14.8. The Kier molecular flexibility index (Phi) is 4.44. The summed E-state index contributed by atoms with van der Waals surface area (Å²) >= 11 is 7.04. The van der Waals surface area contributed by atoms with Gasteiger partial charge in [0, 0.05) is 11.9 Å². The molecule has 0 aliphatic carbocycles. The van der Waals surface area contributed by atoms with Crippen LogP contribution in [0.25, 0.3) is 10.2 Å². The van der Waals surface area contributed by atoms with Gasteiger partial charge < -0.3 is 5.32 Å². The van der Waals surface area contributed by atoms with Gasteiger partial charge in [0.1, 0.15) is 0 Å². The smallest absolute Gasteiger partial charge is 0.261 e. The number of rotatable bonds is 4. The first-order valence-electron chi connectivity index (χ1n) is 6.80. The van der Waals surface area contributed by atoms with E-state index in [1.807, 2.05) is 0 Å². The Bertz CT molecular complexity index is 1010. The summed E-state index contributed by atoms with van der Waals surface area (Å²) in [5, 5.41) is 3.54. The molecule has 0 saturated heterocycles. The number of anilines is 2. The van der Waals surface area contributed by atoms with E-state index in [1.54, 1.807) is 18.2 Å². The molecule has 0 aliphatic heterocycles. The van der Waals surface area contributed by atoms with Gasteiger partial charge in [-0.2, -0.15) is 0 Å². The molecule has 2 aromatic carbocycles. The van der Waals surface area contributed by atoms with Crippen LogP contribution < -0.4 is 10.0 Å². The molecule has 0 spiro atoms. The van der Waals surface area contributed by atoms with E-state index in [0.29, 0.717) is 21.4 Å². The zero-order chi connectivity index (χ0) is 17.3. The number of hydrogen-bond donors (Lipinski definition) is 2. The monoisotopic (exact) mass is 381 g/mol. The van der Waals surface area contributed by atoms with Crippen molar-refractivity contribution in [1.29, 1.82) is 0 Å². The number of nitrogens with zero attached hydrogens (tertiary/aromatic N) is 1. The van der Waals surface area contributed by atoms with Crippen LogP contribution in [0.15, 0.2) is 47.4 Å². The van der Waals surface area contributed by atoms with Crippen LogP contribution in [-0.4, -0.2) is 19.3 Å². The molecule has 3 aromatic rings. The second-order valence-corrected chi connectivity index (χ2v) is 8.09. The summed E-state index contributed by atoms with van der Waals surface area (Å²) in [7, 11) is -3.71. The topological polar surface area (TPSA) is 88.2 Å². The van der Waals surface area contributed by atoms with E-state index in [0.717, 1.165) is 4.70 Å². The zero-order valence-electron chi connectivity index (χ0n) is 12.4. The third-order valence-corrected chi connectivity index (χ3v) is 5.63. The summed E-state index contributed by atoms with van der Waals surface area (Å²) in [6.07, 6.45) is 0. The van der Waals surface area contributed by atoms with Gasteiger partial charge in [0.05, 0.1) is 20.8 Å². The number of thiazole rings is 1. The molecule has 3 rings (SSSR count). The van der Waals surface area contributed by atoms with Gasteiger partial charge in [0.25, 0.3) is 10.0 Å². The van der Waals surface area contributed by atoms with E-state index in [1.165, 1.54) is 42.5 Å². The molecule has 9 heteroatoms. The number of halogens is 1. The van der Waals surface area contributed by atoms with Crippen molar-refractivity contribution in [2.45, 2.75) is 11.8 Å². The number of fused-ring (bicyclic) bond motifs is 1. The van der Waals surface area contributed by atoms with Gasteiger partial charge in [0.15, 0.2) is 5.13 Å². The van der Waals surface area contributed by atoms with E-state index in [-0.39, 0.29) is 10.8 Å². The molecule has 0 saturated carbocycles. The maximum atomic E-state index is 12.4. The van der Waals surface area contributed by atoms with E-state index in [9.17, 15) is 13.2 Å². The number of hydrogen-bond acceptors (Lipinski definition) is 5. The Morgan fingerprint density at radius 2 is 1.88 bits per heavy atom. The summed E-state index contributed by atoms with van der Waals surface area (Å²) in [6.45, 7) is 1.40. The fraction of sp³-hybridized carbons (Fsp3) is 0.0667. The van der Waals surface area contributed by atoms with E-state index >= 15 is 0 Å². The van der Waals surface area contributed by atoms with Crippen molar-refractivity contribution < 1.29 is 13.2 Å². The number of benzene rings is 2. The van der Waals surface area contributed by atoms with Crippen molar-refractivity contribution in [3.05, 3.63) is 47.5 Å². The number of amides is 1. The number of nitrogens with one attached hydrogen (secondary N) is 2. The van der Waals surface area contributed by atoms with Crippen molar-refractivity contribution in [3.63, 3.8) is 0 Å². The molecule has 124 valence electrons. The Labute approximate surface area is 147 Å². The minimum Gasteiger partial charge on any atom is -0.302 e. The maximum absolute atomic E-state index is 12.4. The molecule has 6 nitrogen and oxygen atoms in total. The van der Waals surface area contributed by atoms with E-state index in [4.69, 9.17) is 11.6 Å². The molecule has 0 atom stereocenters. The van der Waals surface area contributed by atoms with Crippen molar-refractivity contribution in [2.24, 2.45) is 0 Å². The van der Waals surface area contributed by atoms with Gasteiger partial charge in [-0.05, 0) is 42.5 Å². The summed E-state index contributed by atoms with van der Waals surface area (Å²) < 4.78 is 28.0. The van der Waals surface area contributed by atoms with Crippen LogP contribution >= 0.6 is 22.9 Å². The van der Waals surface area contributed by atoms with Crippen LogP contribution in [0.3, 0.4) is 0 Å². The van der Waals surface area contributed by atoms with Crippen LogP contribution in [-0.2, 0) is 14.8 Å². The molecule has 1 heterocycles. The molecular formula is C15H12ClN3O3S2. The van der Waals surface area contributed by atoms with Gasteiger partial charge in [-0.1, -0.05) is 22.9 Å². The second-order valence-electron chi connectivity index (χ2n) is 4.94. The van der Waals surface area contributed by atoms with Gasteiger partial charge in [0.2, 0.25) is 5.91 Å². The predicted octanol–water partition coefficient (Wildman–Crippen LogP) is 3.71. The molecule has 1 aromatic heterocycles. The highest BCUT2D eigenvalue weighted by atomic mass is 35.5.